The van der Waals surface area contributed by atoms with E-state index in [9.17, 15) is 4.79 Å². The lowest BCUT2D eigenvalue weighted by atomic mass is 10.3. The predicted molar refractivity (Wildman–Crippen MR) is 59.2 cm³/mol. The quantitative estimate of drug-likeness (QED) is 0.653. The largest absolute Gasteiger partial charge is 0.352 e. The highest BCUT2D eigenvalue weighted by molar-refractivity contribution is 6.34. The highest BCUT2D eigenvalue weighted by atomic mass is 35.5. The molecule has 1 heterocycles. The van der Waals surface area contributed by atoms with E-state index in [0.29, 0.717) is 13.0 Å². The summed E-state index contributed by atoms with van der Waals surface area (Å²) in [6.45, 7) is 4.04. The van der Waals surface area contributed by atoms with Crippen molar-refractivity contribution in [3.63, 3.8) is 0 Å². The zero-order valence-corrected chi connectivity index (χ0v) is 9.35. The number of nitrogens with zero attached hydrogens (tertiary/aromatic N) is 2. The van der Waals surface area contributed by atoms with Crippen LogP contribution < -0.4 is 5.32 Å². The Labute approximate surface area is 97.3 Å². The van der Waals surface area contributed by atoms with Gasteiger partial charge in [0.15, 0.2) is 10.3 Å². The van der Waals surface area contributed by atoms with E-state index in [2.05, 4.69) is 22.1 Å². The van der Waals surface area contributed by atoms with E-state index in [1.807, 2.05) is 0 Å². The van der Waals surface area contributed by atoms with Gasteiger partial charge >= 0.3 is 0 Å². The highest BCUT2D eigenvalue weighted by Gasteiger charge is 2.11. The number of rotatable bonds is 4. The van der Waals surface area contributed by atoms with E-state index in [1.54, 1.807) is 6.08 Å². The molecule has 15 heavy (non-hydrogen) atoms. The summed E-state index contributed by atoms with van der Waals surface area (Å²) in [7, 11) is 0. The lowest BCUT2D eigenvalue weighted by molar-refractivity contribution is 0.0954. The van der Waals surface area contributed by atoms with E-state index < -0.39 is 0 Å². The first-order chi connectivity index (χ1) is 7.15. The minimum atomic E-state index is -0.321. The molecule has 1 aromatic heterocycles. The summed E-state index contributed by atoms with van der Waals surface area (Å²) in [5.74, 6) is -0.321. The fourth-order valence-electron chi connectivity index (χ4n) is 0.895. The number of hydrogen-bond donors (Lipinski definition) is 1. The monoisotopic (exact) mass is 245 g/mol. The Balaban J connectivity index is 2.72. The van der Waals surface area contributed by atoms with Crippen LogP contribution in [0.2, 0.25) is 10.3 Å². The summed E-state index contributed by atoms with van der Waals surface area (Å²) in [6.07, 6.45) is 2.40. The Kier molecular flexibility index (Phi) is 4.52. The van der Waals surface area contributed by atoms with Gasteiger partial charge < -0.3 is 5.32 Å². The fourth-order valence-corrected chi connectivity index (χ4v) is 1.22. The minimum absolute atomic E-state index is 0.0375. The second-order valence-electron chi connectivity index (χ2n) is 2.70. The predicted octanol–water partition coefficient (Wildman–Crippen LogP) is 2.09. The summed E-state index contributed by atoms with van der Waals surface area (Å²) < 4.78 is 0. The van der Waals surface area contributed by atoms with E-state index in [4.69, 9.17) is 23.2 Å². The third kappa shape index (κ3) is 3.49. The molecule has 1 N–H and O–H groups in total. The molecule has 0 unspecified atom stereocenters. The molecule has 0 spiro atoms. The van der Waals surface area contributed by atoms with Crippen LogP contribution >= 0.6 is 23.2 Å². The molecular formula is C9H9Cl2N3O. The summed E-state index contributed by atoms with van der Waals surface area (Å²) in [5, 5.41) is 9.85. The molecule has 0 aliphatic carbocycles. The second kappa shape index (κ2) is 5.68. The molecule has 1 aromatic rings. The van der Waals surface area contributed by atoms with Crippen molar-refractivity contribution < 1.29 is 4.79 Å². The van der Waals surface area contributed by atoms with Gasteiger partial charge in [0, 0.05) is 6.54 Å². The average molecular weight is 246 g/mol. The van der Waals surface area contributed by atoms with Crippen LogP contribution in [0.25, 0.3) is 0 Å². The normalized spacial score (nSPS) is 9.73. The molecule has 80 valence electrons. The van der Waals surface area contributed by atoms with Gasteiger partial charge in [0.25, 0.3) is 5.91 Å². The topological polar surface area (TPSA) is 54.9 Å². The van der Waals surface area contributed by atoms with Crippen molar-refractivity contribution in [1.29, 1.82) is 0 Å². The van der Waals surface area contributed by atoms with Crippen LogP contribution in [0.4, 0.5) is 0 Å². The van der Waals surface area contributed by atoms with Crippen LogP contribution in [0, 0.1) is 0 Å². The molecule has 0 aliphatic rings. The van der Waals surface area contributed by atoms with Crippen molar-refractivity contribution in [3.05, 3.63) is 34.6 Å². The van der Waals surface area contributed by atoms with Gasteiger partial charge in [-0.1, -0.05) is 29.3 Å². The average Bonchev–Trinajstić information content (AvgIpc) is 2.22. The summed E-state index contributed by atoms with van der Waals surface area (Å²) in [5.41, 5.74) is 0.223. The summed E-state index contributed by atoms with van der Waals surface area (Å²) >= 11 is 11.3. The molecule has 6 heteroatoms. The second-order valence-corrected chi connectivity index (χ2v) is 3.45. The zero-order valence-electron chi connectivity index (χ0n) is 7.83. The molecular weight excluding hydrogens is 237 g/mol. The van der Waals surface area contributed by atoms with Crippen molar-refractivity contribution in [1.82, 2.24) is 15.5 Å². The van der Waals surface area contributed by atoms with Crippen LogP contribution in [0.3, 0.4) is 0 Å². The zero-order chi connectivity index (χ0) is 11.3. The van der Waals surface area contributed by atoms with E-state index in [-0.39, 0.29) is 21.8 Å². The maximum absolute atomic E-state index is 11.5. The lowest BCUT2D eigenvalue weighted by Gasteiger charge is -2.04. The van der Waals surface area contributed by atoms with E-state index >= 15 is 0 Å². The van der Waals surface area contributed by atoms with Crippen molar-refractivity contribution in [2.24, 2.45) is 0 Å². The van der Waals surface area contributed by atoms with Gasteiger partial charge in [0.2, 0.25) is 0 Å². The maximum atomic E-state index is 11.5. The highest BCUT2D eigenvalue weighted by Crippen LogP contribution is 2.14. The molecule has 0 fully saturated rings. The van der Waals surface area contributed by atoms with Crippen LogP contribution in [0.5, 0.6) is 0 Å². The van der Waals surface area contributed by atoms with E-state index in [0.717, 1.165) is 0 Å². The smallest absolute Gasteiger partial charge is 0.254 e. The van der Waals surface area contributed by atoms with Gasteiger partial charge in [-0.2, -0.15) is 0 Å². The van der Waals surface area contributed by atoms with Gasteiger partial charge in [-0.3, -0.25) is 4.79 Å². The van der Waals surface area contributed by atoms with E-state index in [1.165, 1.54) is 6.07 Å². The third-order valence-electron chi connectivity index (χ3n) is 1.60. The lowest BCUT2D eigenvalue weighted by Crippen LogP contribution is -2.24. The first kappa shape index (κ1) is 11.9. The molecule has 0 aliphatic heterocycles. The number of aromatic nitrogens is 2. The fraction of sp³-hybridized carbons (Fsp3) is 0.222. The minimum Gasteiger partial charge on any atom is -0.352 e. The SMILES string of the molecule is C=CCCNC(=O)c1cc(Cl)nnc1Cl. The van der Waals surface area contributed by atoms with Gasteiger partial charge in [-0.15, -0.1) is 16.8 Å². The Morgan fingerprint density at radius 3 is 2.93 bits per heavy atom. The van der Waals surface area contributed by atoms with Gasteiger partial charge in [0.1, 0.15) is 0 Å². The van der Waals surface area contributed by atoms with Crippen molar-refractivity contribution in [3.8, 4) is 0 Å². The first-order valence-electron chi connectivity index (χ1n) is 4.23. The first-order valence-corrected chi connectivity index (χ1v) is 4.98. The molecule has 0 bridgehead atoms. The molecule has 0 radical (unpaired) electrons. The Morgan fingerprint density at radius 2 is 2.27 bits per heavy atom. The van der Waals surface area contributed by atoms with Crippen molar-refractivity contribution >= 4 is 29.1 Å². The number of amides is 1. The van der Waals surface area contributed by atoms with Crippen LogP contribution in [0.1, 0.15) is 16.8 Å². The maximum Gasteiger partial charge on any atom is 0.254 e. The number of carbonyl (C=O) groups excluding carboxylic acids is 1. The number of hydrogen-bond acceptors (Lipinski definition) is 3. The van der Waals surface area contributed by atoms with Crippen LogP contribution in [-0.2, 0) is 0 Å². The van der Waals surface area contributed by atoms with Crippen molar-refractivity contribution in [2.75, 3.05) is 6.54 Å². The molecule has 1 rings (SSSR count). The van der Waals surface area contributed by atoms with Gasteiger partial charge in [-0.25, -0.2) is 0 Å². The van der Waals surface area contributed by atoms with Gasteiger partial charge in [0.05, 0.1) is 5.56 Å². The summed E-state index contributed by atoms with van der Waals surface area (Å²) in [4.78, 5) is 11.5. The van der Waals surface area contributed by atoms with Crippen molar-refractivity contribution in [2.45, 2.75) is 6.42 Å². The molecule has 0 aromatic carbocycles. The van der Waals surface area contributed by atoms with Gasteiger partial charge in [-0.05, 0) is 12.5 Å². The van der Waals surface area contributed by atoms with Crippen LogP contribution in [-0.4, -0.2) is 22.6 Å². The molecule has 0 saturated heterocycles. The summed E-state index contributed by atoms with van der Waals surface area (Å²) in [6, 6.07) is 1.38. The number of nitrogens with one attached hydrogen (secondary N) is 1. The molecule has 1 amide bonds. The third-order valence-corrected chi connectivity index (χ3v) is 2.06. The number of carbonyl (C=O) groups is 1. The standard InChI is InChI=1S/C9H9Cl2N3O/c1-2-3-4-12-9(15)6-5-7(10)13-14-8(6)11/h2,5H,1,3-4H2,(H,12,15). The molecule has 4 nitrogen and oxygen atoms in total. The Morgan fingerprint density at radius 1 is 1.53 bits per heavy atom. The van der Waals surface area contributed by atoms with Crippen LogP contribution in [0.15, 0.2) is 18.7 Å². The molecule has 0 saturated carbocycles. The Bertz CT molecular complexity index is 382. The Hall–Kier alpha value is -1.13. The number of halogens is 2. The molecule has 0 atom stereocenters.